The summed E-state index contributed by atoms with van der Waals surface area (Å²) in [5, 5.41) is 8.38. The molecule has 1 N–H and O–H groups in total. The van der Waals surface area contributed by atoms with Crippen LogP contribution in [-0.2, 0) is 9.53 Å². The maximum Gasteiger partial charge on any atom is 0.306 e. The summed E-state index contributed by atoms with van der Waals surface area (Å²) in [7, 11) is 0. The SMILES string of the molecule is O=C(O)CC1CSCCO1. The van der Waals surface area contributed by atoms with Gasteiger partial charge in [0.15, 0.2) is 0 Å². The number of hydrogen-bond donors (Lipinski definition) is 1. The molecule has 4 heteroatoms. The molecule has 1 unspecified atom stereocenters. The first-order valence-corrected chi connectivity index (χ1v) is 4.35. The third kappa shape index (κ3) is 2.58. The third-order valence-electron chi connectivity index (χ3n) is 1.29. The topological polar surface area (TPSA) is 46.5 Å². The van der Waals surface area contributed by atoms with Gasteiger partial charge in [0.05, 0.1) is 19.1 Å². The first-order valence-electron chi connectivity index (χ1n) is 3.20. The minimum absolute atomic E-state index is 0.0590. The van der Waals surface area contributed by atoms with Crippen molar-refractivity contribution in [2.45, 2.75) is 12.5 Å². The minimum Gasteiger partial charge on any atom is -0.481 e. The van der Waals surface area contributed by atoms with Crippen molar-refractivity contribution >= 4 is 17.7 Å². The highest BCUT2D eigenvalue weighted by atomic mass is 32.2. The van der Waals surface area contributed by atoms with Crippen molar-refractivity contribution < 1.29 is 14.6 Å². The zero-order chi connectivity index (χ0) is 7.40. The summed E-state index contributed by atoms with van der Waals surface area (Å²) in [6.45, 7) is 0.697. The standard InChI is InChI=1S/C6H10O3S/c7-6(8)3-5-4-10-2-1-9-5/h5H,1-4H2,(H,7,8). The maximum atomic E-state index is 10.2. The molecule has 1 atom stereocenters. The van der Waals surface area contributed by atoms with Crippen molar-refractivity contribution in [3.05, 3.63) is 0 Å². The molecule has 1 aliphatic heterocycles. The smallest absolute Gasteiger partial charge is 0.306 e. The van der Waals surface area contributed by atoms with Gasteiger partial charge in [-0.1, -0.05) is 0 Å². The average Bonchev–Trinajstić information content (AvgIpc) is 1.88. The molecule has 0 aromatic carbocycles. The van der Waals surface area contributed by atoms with Crippen molar-refractivity contribution in [2.75, 3.05) is 18.1 Å². The molecule has 58 valence electrons. The lowest BCUT2D eigenvalue weighted by atomic mass is 10.3. The van der Waals surface area contributed by atoms with Gasteiger partial charge in [0, 0.05) is 11.5 Å². The largest absolute Gasteiger partial charge is 0.481 e. The number of hydrogen-bond acceptors (Lipinski definition) is 3. The first kappa shape index (κ1) is 7.88. The Morgan fingerprint density at radius 1 is 1.80 bits per heavy atom. The van der Waals surface area contributed by atoms with Gasteiger partial charge in [0.1, 0.15) is 0 Å². The van der Waals surface area contributed by atoms with Gasteiger partial charge < -0.3 is 9.84 Å². The van der Waals surface area contributed by atoms with Crippen molar-refractivity contribution in [3.63, 3.8) is 0 Å². The number of carbonyl (C=O) groups is 1. The Morgan fingerprint density at radius 3 is 3.10 bits per heavy atom. The summed E-state index contributed by atoms with van der Waals surface area (Å²) in [6, 6.07) is 0. The Morgan fingerprint density at radius 2 is 2.60 bits per heavy atom. The Labute approximate surface area is 63.8 Å². The lowest BCUT2D eigenvalue weighted by molar-refractivity contribution is -0.139. The molecule has 0 spiro atoms. The fourth-order valence-corrected chi connectivity index (χ4v) is 1.71. The molecule has 1 aliphatic rings. The summed E-state index contributed by atoms with van der Waals surface area (Å²) in [4.78, 5) is 10.2. The molecule has 3 nitrogen and oxygen atoms in total. The Kier molecular flexibility index (Phi) is 3.02. The minimum atomic E-state index is -0.771. The van der Waals surface area contributed by atoms with Crippen LogP contribution in [0.3, 0.4) is 0 Å². The van der Waals surface area contributed by atoms with E-state index in [-0.39, 0.29) is 12.5 Å². The predicted molar refractivity (Wildman–Crippen MR) is 39.3 cm³/mol. The number of thioether (sulfide) groups is 1. The van der Waals surface area contributed by atoms with E-state index in [0.29, 0.717) is 6.61 Å². The van der Waals surface area contributed by atoms with Crippen LogP contribution in [0.25, 0.3) is 0 Å². The molecule has 0 bridgehead atoms. The highest BCUT2D eigenvalue weighted by Crippen LogP contribution is 2.14. The van der Waals surface area contributed by atoms with E-state index in [1.807, 2.05) is 0 Å². The van der Waals surface area contributed by atoms with E-state index in [1.165, 1.54) is 0 Å². The van der Waals surface area contributed by atoms with Crippen LogP contribution in [0.1, 0.15) is 6.42 Å². The van der Waals surface area contributed by atoms with Gasteiger partial charge in [-0.15, -0.1) is 0 Å². The number of rotatable bonds is 2. The third-order valence-corrected chi connectivity index (χ3v) is 2.35. The quantitative estimate of drug-likeness (QED) is 0.645. The summed E-state index contributed by atoms with van der Waals surface area (Å²) in [5.74, 6) is 1.05. The van der Waals surface area contributed by atoms with Crippen molar-refractivity contribution in [1.29, 1.82) is 0 Å². The second-order valence-electron chi connectivity index (χ2n) is 2.17. The van der Waals surface area contributed by atoms with Crippen LogP contribution in [0.15, 0.2) is 0 Å². The van der Waals surface area contributed by atoms with Gasteiger partial charge >= 0.3 is 5.97 Å². The van der Waals surface area contributed by atoms with E-state index in [9.17, 15) is 4.79 Å². The molecule has 0 saturated carbocycles. The zero-order valence-corrected chi connectivity index (χ0v) is 6.39. The highest BCUT2D eigenvalue weighted by Gasteiger charge is 2.16. The summed E-state index contributed by atoms with van der Waals surface area (Å²) in [6.07, 6.45) is 0.0868. The number of carboxylic acid groups (broad SMARTS) is 1. The molecule has 1 heterocycles. The van der Waals surface area contributed by atoms with E-state index in [2.05, 4.69) is 0 Å². The highest BCUT2D eigenvalue weighted by molar-refractivity contribution is 7.99. The van der Waals surface area contributed by atoms with Crippen LogP contribution in [0.2, 0.25) is 0 Å². The first-order chi connectivity index (χ1) is 4.79. The van der Waals surface area contributed by atoms with Gasteiger partial charge in [0.2, 0.25) is 0 Å². The normalized spacial score (nSPS) is 26.2. The van der Waals surface area contributed by atoms with Crippen molar-refractivity contribution in [2.24, 2.45) is 0 Å². The molecule has 0 radical (unpaired) electrons. The van der Waals surface area contributed by atoms with Gasteiger partial charge in [-0.2, -0.15) is 11.8 Å². The van der Waals surface area contributed by atoms with Crippen LogP contribution in [0, 0.1) is 0 Å². The Hall–Kier alpha value is -0.220. The second-order valence-corrected chi connectivity index (χ2v) is 3.32. The number of carboxylic acids is 1. The van der Waals surface area contributed by atoms with E-state index >= 15 is 0 Å². The van der Waals surface area contributed by atoms with Crippen LogP contribution in [0.5, 0.6) is 0 Å². The fourth-order valence-electron chi connectivity index (χ4n) is 0.849. The number of aliphatic carboxylic acids is 1. The van der Waals surface area contributed by atoms with Crippen LogP contribution < -0.4 is 0 Å². The van der Waals surface area contributed by atoms with Crippen molar-refractivity contribution in [1.82, 2.24) is 0 Å². The maximum absolute atomic E-state index is 10.2. The molecule has 0 aromatic rings. The molecular weight excluding hydrogens is 152 g/mol. The Balaban J connectivity index is 2.19. The predicted octanol–water partition coefficient (Wildman–Crippen LogP) is 0.593. The van der Waals surface area contributed by atoms with Crippen molar-refractivity contribution in [3.8, 4) is 0 Å². The molecule has 0 aliphatic carbocycles. The van der Waals surface area contributed by atoms with Crippen LogP contribution in [0.4, 0.5) is 0 Å². The second kappa shape index (κ2) is 3.83. The van der Waals surface area contributed by atoms with E-state index in [4.69, 9.17) is 9.84 Å². The zero-order valence-electron chi connectivity index (χ0n) is 5.58. The van der Waals surface area contributed by atoms with Crippen LogP contribution in [-0.4, -0.2) is 35.3 Å². The molecule has 10 heavy (non-hydrogen) atoms. The summed E-state index contributed by atoms with van der Waals surface area (Å²) in [5.41, 5.74) is 0. The average molecular weight is 162 g/mol. The number of ether oxygens (including phenoxy) is 1. The van der Waals surface area contributed by atoms with Gasteiger partial charge in [-0.25, -0.2) is 0 Å². The monoisotopic (exact) mass is 162 g/mol. The van der Waals surface area contributed by atoms with Gasteiger partial charge in [-0.3, -0.25) is 4.79 Å². The van der Waals surface area contributed by atoms with Crippen LogP contribution >= 0.6 is 11.8 Å². The van der Waals surface area contributed by atoms with E-state index in [1.54, 1.807) is 11.8 Å². The summed E-state index contributed by atoms with van der Waals surface area (Å²) < 4.78 is 5.19. The van der Waals surface area contributed by atoms with Gasteiger partial charge in [0.25, 0.3) is 0 Å². The van der Waals surface area contributed by atoms with Gasteiger partial charge in [-0.05, 0) is 0 Å². The lowest BCUT2D eigenvalue weighted by Gasteiger charge is -2.20. The fraction of sp³-hybridized carbons (Fsp3) is 0.833. The molecular formula is C6H10O3S. The molecule has 1 saturated heterocycles. The molecule has 1 rings (SSSR count). The lowest BCUT2D eigenvalue weighted by Crippen LogP contribution is -2.25. The Bertz CT molecular complexity index is 120. The van der Waals surface area contributed by atoms with E-state index < -0.39 is 5.97 Å². The molecule has 0 aromatic heterocycles. The summed E-state index contributed by atoms with van der Waals surface area (Å²) >= 11 is 1.76. The molecule has 1 fully saturated rings. The molecule has 0 amide bonds. The van der Waals surface area contributed by atoms with E-state index in [0.717, 1.165) is 11.5 Å².